The molecule has 3 aromatic heterocycles. The van der Waals surface area contributed by atoms with E-state index in [0.29, 0.717) is 31.9 Å². The van der Waals surface area contributed by atoms with Crippen molar-refractivity contribution in [2.24, 2.45) is 0 Å². The Balaban J connectivity index is 1.25. The van der Waals surface area contributed by atoms with Gasteiger partial charge in [0.1, 0.15) is 5.82 Å². The van der Waals surface area contributed by atoms with E-state index in [1.165, 1.54) is 17.6 Å². The number of fused-ring (bicyclic) bond motifs is 1. The highest BCUT2D eigenvalue weighted by Crippen LogP contribution is 2.41. The standard InChI is InChI=1S/C34H40FN7O2S2/c1-4-40(5-2)21-22-41-18-14-26-23-28(11-12-30(26)41)37-34-36-17-13-29(38-34)32-31(24-7-9-27(35)10-8-24)39-33(45-32)25-15-19-42(20-16-25)46(43,44)6-3/h7-14,17-18,23,25H,4-6,15-16,19-22H2,1-3H3,(H,36,37,38). The molecule has 1 N–H and O–H groups in total. The van der Waals surface area contributed by atoms with Crippen LogP contribution in [0.15, 0.2) is 67.0 Å². The Labute approximate surface area is 274 Å². The molecule has 0 aliphatic carbocycles. The van der Waals surface area contributed by atoms with Gasteiger partial charge in [-0.05, 0) is 87.5 Å². The summed E-state index contributed by atoms with van der Waals surface area (Å²) in [5.41, 5.74) is 4.33. The molecular formula is C34H40FN7O2S2. The Kier molecular flexibility index (Phi) is 9.78. The van der Waals surface area contributed by atoms with E-state index >= 15 is 0 Å². The van der Waals surface area contributed by atoms with E-state index < -0.39 is 10.0 Å². The van der Waals surface area contributed by atoms with Crippen molar-refractivity contribution in [1.29, 1.82) is 0 Å². The topological polar surface area (TPSA) is 96.2 Å². The van der Waals surface area contributed by atoms with Gasteiger partial charge in [0.25, 0.3) is 0 Å². The van der Waals surface area contributed by atoms with E-state index in [4.69, 9.17) is 9.97 Å². The summed E-state index contributed by atoms with van der Waals surface area (Å²) in [6.07, 6.45) is 5.27. The first-order chi connectivity index (χ1) is 22.3. The Morgan fingerprint density at radius 1 is 1.00 bits per heavy atom. The number of hydrogen-bond acceptors (Lipinski definition) is 8. The molecule has 4 heterocycles. The fraction of sp³-hybridized carbons (Fsp3) is 0.382. The molecule has 0 saturated carbocycles. The largest absolute Gasteiger partial charge is 0.346 e. The predicted molar refractivity (Wildman–Crippen MR) is 185 cm³/mol. The van der Waals surface area contributed by atoms with E-state index in [1.807, 2.05) is 12.1 Å². The lowest BCUT2D eigenvalue weighted by Crippen LogP contribution is -2.38. The SMILES string of the molecule is CCN(CC)CCn1ccc2cc(Nc3nccc(-c4sc(C5CCN(S(=O)(=O)CC)CC5)nc4-c4ccc(F)cc4)n3)ccc21. The fourth-order valence-electron chi connectivity index (χ4n) is 5.99. The lowest BCUT2D eigenvalue weighted by atomic mass is 9.99. The van der Waals surface area contributed by atoms with E-state index in [0.717, 1.165) is 64.1 Å². The van der Waals surface area contributed by atoms with Gasteiger partial charge in [-0.15, -0.1) is 11.3 Å². The first kappa shape index (κ1) is 32.2. The third-order valence-corrected chi connectivity index (χ3v) is 11.9. The first-order valence-electron chi connectivity index (χ1n) is 15.9. The maximum atomic E-state index is 13.8. The molecule has 0 unspecified atom stereocenters. The number of thiazole rings is 1. The number of rotatable bonds is 12. The van der Waals surface area contributed by atoms with E-state index in [1.54, 1.807) is 40.9 Å². The predicted octanol–water partition coefficient (Wildman–Crippen LogP) is 6.98. The van der Waals surface area contributed by atoms with Crippen LogP contribution in [-0.4, -0.2) is 75.6 Å². The molecule has 0 radical (unpaired) electrons. The van der Waals surface area contributed by atoms with Crippen LogP contribution in [0.4, 0.5) is 16.0 Å². The van der Waals surface area contributed by atoms with Crippen LogP contribution in [0, 0.1) is 5.82 Å². The molecule has 242 valence electrons. The van der Waals surface area contributed by atoms with Crippen molar-refractivity contribution < 1.29 is 12.8 Å². The summed E-state index contributed by atoms with van der Waals surface area (Å²) in [5, 5.41) is 5.46. The van der Waals surface area contributed by atoms with Gasteiger partial charge in [-0.25, -0.2) is 32.1 Å². The van der Waals surface area contributed by atoms with Gasteiger partial charge in [-0.2, -0.15) is 0 Å². The Morgan fingerprint density at radius 2 is 1.76 bits per heavy atom. The molecule has 0 spiro atoms. The maximum absolute atomic E-state index is 13.8. The molecule has 1 aliphatic rings. The molecule has 1 fully saturated rings. The molecule has 0 atom stereocenters. The number of hydrogen-bond donors (Lipinski definition) is 1. The van der Waals surface area contributed by atoms with Crippen molar-refractivity contribution >= 4 is 43.9 Å². The summed E-state index contributed by atoms with van der Waals surface area (Å²) in [6, 6.07) is 16.6. The number of anilines is 2. The maximum Gasteiger partial charge on any atom is 0.227 e. The summed E-state index contributed by atoms with van der Waals surface area (Å²) < 4.78 is 42.5. The summed E-state index contributed by atoms with van der Waals surface area (Å²) in [4.78, 5) is 17.7. The number of likely N-dealkylation sites (N-methyl/N-ethyl adjacent to an activating group) is 1. The van der Waals surface area contributed by atoms with Crippen molar-refractivity contribution in [3.63, 3.8) is 0 Å². The second kappa shape index (κ2) is 14.0. The molecular weight excluding hydrogens is 622 g/mol. The number of benzene rings is 2. The van der Waals surface area contributed by atoms with E-state index in [2.05, 4.69) is 58.0 Å². The second-order valence-electron chi connectivity index (χ2n) is 11.5. The third kappa shape index (κ3) is 7.00. The molecule has 6 rings (SSSR count). The van der Waals surface area contributed by atoms with Gasteiger partial charge in [0.05, 0.1) is 27.0 Å². The minimum atomic E-state index is -3.22. The van der Waals surface area contributed by atoms with Gasteiger partial charge in [-0.3, -0.25) is 0 Å². The molecule has 0 bridgehead atoms. The average molecular weight is 662 g/mol. The lowest BCUT2D eigenvalue weighted by Gasteiger charge is -2.29. The van der Waals surface area contributed by atoms with Crippen molar-refractivity contribution in [2.75, 3.05) is 43.8 Å². The zero-order valence-corrected chi connectivity index (χ0v) is 28.1. The summed E-state index contributed by atoms with van der Waals surface area (Å²) >= 11 is 1.56. The monoisotopic (exact) mass is 661 g/mol. The zero-order chi connectivity index (χ0) is 32.3. The fourth-order valence-corrected chi connectivity index (χ4v) is 8.35. The van der Waals surface area contributed by atoms with Crippen LogP contribution in [0.25, 0.3) is 32.7 Å². The van der Waals surface area contributed by atoms with Crippen molar-refractivity contribution in [1.82, 2.24) is 28.7 Å². The molecule has 2 aromatic carbocycles. The second-order valence-corrected chi connectivity index (χ2v) is 14.8. The van der Waals surface area contributed by atoms with Crippen LogP contribution in [0.5, 0.6) is 0 Å². The van der Waals surface area contributed by atoms with Crippen LogP contribution in [0.1, 0.15) is 44.5 Å². The van der Waals surface area contributed by atoms with Crippen molar-refractivity contribution in [3.8, 4) is 21.8 Å². The summed E-state index contributed by atoms with van der Waals surface area (Å²) in [5.74, 6) is 0.396. The van der Waals surface area contributed by atoms with Gasteiger partial charge in [0.15, 0.2) is 0 Å². The molecule has 1 aliphatic heterocycles. The number of aromatic nitrogens is 4. The highest BCUT2D eigenvalue weighted by molar-refractivity contribution is 7.89. The van der Waals surface area contributed by atoms with Crippen LogP contribution in [0.2, 0.25) is 0 Å². The Hall–Kier alpha value is -3.71. The summed E-state index contributed by atoms with van der Waals surface area (Å²) in [6.45, 7) is 11.1. The smallest absolute Gasteiger partial charge is 0.227 e. The zero-order valence-electron chi connectivity index (χ0n) is 26.5. The molecule has 1 saturated heterocycles. The quantitative estimate of drug-likeness (QED) is 0.154. The number of sulfonamides is 1. The first-order valence-corrected chi connectivity index (χ1v) is 18.4. The minimum absolute atomic E-state index is 0.107. The van der Waals surface area contributed by atoms with Crippen LogP contribution in [0.3, 0.4) is 0 Å². The van der Waals surface area contributed by atoms with E-state index in [9.17, 15) is 12.8 Å². The lowest BCUT2D eigenvalue weighted by molar-refractivity contribution is 0.292. The Morgan fingerprint density at radius 3 is 2.48 bits per heavy atom. The van der Waals surface area contributed by atoms with Gasteiger partial charge in [0, 0.05) is 66.6 Å². The molecule has 5 aromatic rings. The summed E-state index contributed by atoms with van der Waals surface area (Å²) in [7, 11) is -3.22. The number of halogens is 1. The van der Waals surface area contributed by atoms with Crippen LogP contribution >= 0.6 is 11.3 Å². The van der Waals surface area contributed by atoms with Crippen LogP contribution < -0.4 is 5.32 Å². The Bertz CT molecular complexity index is 1890. The molecule has 12 heteroatoms. The highest BCUT2D eigenvalue weighted by atomic mass is 32.2. The van der Waals surface area contributed by atoms with Crippen LogP contribution in [-0.2, 0) is 16.6 Å². The van der Waals surface area contributed by atoms with E-state index in [-0.39, 0.29) is 17.5 Å². The number of nitrogens with zero attached hydrogens (tertiary/aromatic N) is 6. The number of piperidine rings is 1. The average Bonchev–Trinajstić information content (AvgIpc) is 3.71. The van der Waals surface area contributed by atoms with Crippen molar-refractivity contribution in [3.05, 3.63) is 77.8 Å². The number of nitrogens with one attached hydrogen (secondary N) is 1. The van der Waals surface area contributed by atoms with Crippen molar-refractivity contribution in [2.45, 2.75) is 46.1 Å². The van der Waals surface area contributed by atoms with Gasteiger partial charge in [-0.1, -0.05) is 13.8 Å². The normalized spacial score (nSPS) is 14.8. The minimum Gasteiger partial charge on any atom is -0.346 e. The third-order valence-electron chi connectivity index (χ3n) is 8.79. The molecule has 0 amide bonds. The molecule has 46 heavy (non-hydrogen) atoms. The van der Waals surface area contributed by atoms with Gasteiger partial charge >= 0.3 is 0 Å². The van der Waals surface area contributed by atoms with Gasteiger partial charge in [0.2, 0.25) is 16.0 Å². The molecule has 9 nitrogen and oxygen atoms in total. The van der Waals surface area contributed by atoms with Gasteiger partial charge < -0.3 is 14.8 Å². The highest BCUT2D eigenvalue weighted by Gasteiger charge is 2.30.